The first kappa shape index (κ1) is 8.31. The summed E-state index contributed by atoms with van der Waals surface area (Å²) < 4.78 is 1.37. The Balaban J connectivity index is 2.29. The summed E-state index contributed by atoms with van der Waals surface area (Å²) in [5.74, 6) is 7.59. The third kappa shape index (κ3) is 1.23. The molecule has 1 aromatic heterocycles. The molecule has 72 valence electrons. The number of nitrogens with one attached hydrogen (secondary N) is 1. The zero-order valence-corrected chi connectivity index (χ0v) is 7.57. The molecule has 1 aliphatic rings. The van der Waals surface area contributed by atoms with E-state index in [-0.39, 0.29) is 5.95 Å². The second-order valence-corrected chi connectivity index (χ2v) is 3.53. The predicted molar refractivity (Wildman–Crippen MR) is 49.4 cm³/mol. The van der Waals surface area contributed by atoms with Crippen molar-refractivity contribution in [2.45, 2.75) is 12.8 Å². The summed E-state index contributed by atoms with van der Waals surface area (Å²) in [6.07, 6.45) is 0. The Kier molecular flexibility index (Phi) is 1.84. The topological polar surface area (TPSA) is 94.8 Å². The maximum absolute atomic E-state index is 5.68. The quantitative estimate of drug-likeness (QED) is 0.479. The van der Waals surface area contributed by atoms with Crippen LogP contribution >= 0.6 is 0 Å². The van der Waals surface area contributed by atoms with E-state index in [1.165, 1.54) is 4.68 Å². The lowest BCUT2D eigenvalue weighted by molar-refractivity contribution is 0.534. The van der Waals surface area contributed by atoms with Crippen LogP contribution in [0.15, 0.2) is 0 Å². The predicted octanol–water partition coefficient (Wildman–Crippen LogP) is -1.10. The van der Waals surface area contributed by atoms with Gasteiger partial charge in [-0.2, -0.15) is 0 Å². The summed E-state index contributed by atoms with van der Waals surface area (Å²) in [7, 11) is 0. The Morgan fingerprint density at radius 2 is 2.23 bits per heavy atom. The molecular weight excluding hydrogens is 168 g/mol. The summed E-state index contributed by atoms with van der Waals surface area (Å²) in [6, 6.07) is 0. The van der Waals surface area contributed by atoms with Gasteiger partial charge in [-0.15, -0.1) is 10.2 Å². The average Bonchev–Trinajstić information content (AvgIpc) is 2.62. The highest BCUT2D eigenvalue weighted by molar-refractivity contribution is 5.20. The molecule has 5 N–H and O–H groups in total. The van der Waals surface area contributed by atoms with Crippen molar-refractivity contribution in [2.24, 2.45) is 5.92 Å². The number of rotatable bonds is 1. The van der Waals surface area contributed by atoms with Gasteiger partial charge in [0.2, 0.25) is 5.95 Å². The summed E-state index contributed by atoms with van der Waals surface area (Å²) in [5, 5.41) is 11.0. The lowest BCUT2D eigenvalue weighted by atomic mass is 9.98. The fraction of sp³-hybridized carbons (Fsp3) is 0.714. The molecule has 0 saturated carbocycles. The van der Waals surface area contributed by atoms with Crippen molar-refractivity contribution in [3.05, 3.63) is 5.82 Å². The van der Waals surface area contributed by atoms with Crippen molar-refractivity contribution < 1.29 is 0 Å². The summed E-state index contributed by atoms with van der Waals surface area (Å²) in [4.78, 5) is 0. The van der Waals surface area contributed by atoms with Crippen LogP contribution in [-0.2, 0) is 0 Å². The molecule has 1 fully saturated rings. The minimum absolute atomic E-state index is 0.272. The third-order valence-corrected chi connectivity index (χ3v) is 2.60. The van der Waals surface area contributed by atoms with Crippen molar-refractivity contribution in [1.82, 2.24) is 20.2 Å². The smallest absolute Gasteiger partial charge is 0.240 e. The number of nitrogen functional groups attached to an aromatic ring is 2. The van der Waals surface area contributed by atoms with Crippen LogP contribution in [0.25, 0.3) is 0 Å². The highest BCUT2D eigenvalue weighted by Crippen LogP contribution is 2.25. The molecule has 2 rings (SSSR count). The largest absolute Gasteiger partial charge is 0.366 e. The van der Waals surface area contributed by atoms with Crippen LogP contribution in [0.4, 0.5) is 5.95 Å². The lowest BCUT2D eigenvalue weighted by Crippen LogP contribution is -2.21. The summed E-state index contributed by atoms with van der Waals surface area (Å²) in [5.41, 5.74) is 5.50. The lowest BCUT2D eigenvalue weighted by Gasteiger charge is -2.12. The van der Waals surface area contributed by atoms with E-state index in [4.69, 9.17) is 11.6 Å². The van der Waals surface area contributed by atoms with Crippen molar-refractivity contribution >= 4 is 5.95 Å². The number of aromatic nitrogens is 3. The van der Waals surface area contributed by atoms with Gasteiger partial charge in [-0.3, -0.25) is 0 Å². The molecule has 0 radical (unpaired) electrons. The fourth-order valence-corrected chi connectivity index (χ4v) is 1.72. The van der Waals surface area contributed by atoms with Gasteiger partial charge in [0.05, 0.1) is 0 Å². The van der Waals surface area contributed by atoms with Crippen molar-refractivity contribution in [2.75, 3.05) is 24.7 Å². The maximum Gasteiger partial charge on any atom is 0.240 e. The second kappa shape index (κ2) is 2.88. The van der Waals surface area contributed by atoms with E-state index in [0.717, 1.165) is 18.9 Å². The van der Waals surface area contributed by atoms with Crippen LogP contribution in [0, 0.1) is 5.92 Å². The molecule has 6 heteroatoms. The van der Waals surface area contributed by atoms with E-state index in [0.29, 0.717) is 11.8 Å². The molecule has 6 nitrogen and oxygen atoms in total. The number of nitrogens with two attached hydrogens (primary N) is 2. The van der Waals surface area contributed by atoms with Gasteiger partial charge in [-0.25, -0.2) is 4.68 Å². The molecule has 1 aromatic rings. The van der Waals surface area contributed by atoms with Gasteiger partial charge in [-0.1, -0.05) is 6.92 Å². The fourth-order valence-electron chi connectivity index (χ4n) is 1.72. The first-order valence-electron chi connectivity index (χ1n) is 4.36. The van der Waals surface area contributed by atoms with Gasteiger partial charge in [0.15, 0.2) is 5.82 Å². The number of hydrogen-bond donors (Lipinski definition) is 3. The SMILES string of the molecule is C[C@@H]1CNC[C@H]1c1nnc(N)n1N. The minimum atomic E-state index is 0.272. The standard InChI is InChI=1S/C7H14N6/c1-4-2-10-3-5(4)6-11-12-7(8)13(6)9/h4-5,10H,2-3,9H2,1H3,(H2,8,12)/t4-,5-/m1/s1. The monoisotopic (exact) mass is 182 g/mol. The summed E-state index contributed by atoms with van der Waals surface area (Å²) in [6.45, 7) is 4.06. The van der Waals surface area contributed by atoms with Crippen molar-refractivity contribution in [3.63, 3.8) is 0 Å². The van der Waals surface area contributed by atoms with Gasteiger partial charge < -0.3 is 16.9 Å². The third-order valence-electron chi connectivity index (χ3n) is 2.60. The molecule has 13 heavy (non-hydrogen) atoms. The zero-order chi connectivity index (χ0) is 9.42. The van der Waals surface area contributed by atoms with E-state index < -0.39 is 0 Å². The first-order valence-corrected chi connectivity index (χ1v) is 4.36. The van der Waals surface area contributed by atoms with Crippen LogP contribution < -0.4 is 16.9 Å². The molecule has 1 saturated heterocycles. The molecule has 0 bridgehead atoms. The first-order chi connectivity index (χ1) is 6.20. The molecule has 0 amide bonds. The van der Waals surface area contributed by atoms with Gasteiger partial charge >= 0.3 is 0 Å². The number of hydrogen-bond acceptors (Lipinski definition) is 5. The van der Waals surface area contributed by atoms with Gasteiger partial charge in [-0.05, 0) is 12.5 Å². The second-order valence-electron chi connectivity index (χ2n) is 3.53. The maximum atomic E-state index is 5.68. The normalized spacial score (nSPS) is 28.1. The Hall–Kier alpha value is -1.30. The highest BCUT2D eigenvalue weighted by atomic mass is 15.4. The summed E-state index contributed by atoms with van der Waals surface area (Å²) >= 11 is 0. The Bertz CT molecular complexity index is 306. The molecule has 2 heterocycles. The van der Waals surface area contributed by atoms with Gasteiger partial charge in [0, 0.05) is 12.5 Å². The minimum Gasteiger partial charge on any atom is -0.366 e. The Labute approximate surface area is 76.3 Å². The molecule has 0 unspecified atom stereocenters. The molecular formula is C7H14N6. The van der Waals surface area contributed by atoms with Crippen LogP contribution in [-0.4, -0.2) is 28.0 Å². The van der Waals surface area contributed by atoms with Gasteiger partial charge in [0.1, 0.15) is 0 Å². The van der Waals surface area contributed by atoms with E-state index in [1.54, 1.807) is 0 Å². The van der Waals surface area contributed by atoms with Crippen LogP contribution in [0.1, 0.15) is 18.7 Å². The van der Waals surface area contributed by atoms with E-state index in [9.17, 15) is 0 Å². The van der Waals surface area contributed by atoms with Gasteiger partial charge in [0.25, 0.3) is 0 Å². The van der Waals surface area contributed by atoms with Crippen LogP contribution in [0.5, 0.6) is 0 Å². The Morgan fingerprint density at radius 1 is 1.46 bits per heavy atom. The van der Waals surface area contributed by atoms with Crippen molar-refractivity contribution in [1.29, 1.82) is 0 Å². The van der Waals surface area contributed by atoms with E-state index in [2.05, 4.69) is 22.4 Å². The highest BCUT2D eigenvalue weighted by Gasteiger charge is 2.29. The molecule has 1 aliphatic heterocycles. The molecule has 0 aromatic carbocycles. The molecule has 0 aliphatic carbocycles. The average molecular weight is 182 g/mol. The van der Waals surface area contributed by atoms with E-state index >= 15 is 0 Å². The van der Waals surface area contributed by atoms with Crippen LogP contribution in [0.3, 0.4) is 0 Å². The van der Waals surface area contributed by atoms with Crippen molar-refractivity contribution in [3.8, 4) is 0 Å². The number of nitrogens with zero attached hydrogens (tertiary/aromatic N) is 3. The zero-order valence-electron chi connectivity index (χ0n) is 7.57. The molecule has 2 atom stereocenters. The number of anilines is 1. The van der Waals surface area contributed by atoms with E-state index in [1.807, 2.05) is 0 Å². The molecule has 0 spiro atoms. The van der Waals surface area contributed by atoms with Crippen LogP contribution in [0.2, 0.25) is 0 Å². The Morgan fingerprint density at radius 3 is 2.69 bits per heavy atom.